The van der Waals surface area contributed by atoms with Crippen molar-refractivity contribution in [3.8, 4) is 0 Å². The van der Waals surface area contributed by atoms with Crippen LogP contribution in [0, 0.1) is 6.92 Å². The molecule has 0 fully saturated rings. The summed E-state index contributed by atoms with van der Waals surface area (Å²) in [5, 5.41) is 15.1. The fraction of sp³-hybridized carbons (Fsp3) is 0.250. The summed E-state index contributed by atoms with van der Waals surface area (Å²) < 4.78 is 1.16. The van der Waals surface area contributed by atoms with E-state index in [4.69, 9.17) is 0 Å². The summed E-state index contributed by atoms with van der Waals surface area (Å²) in [4.78, 5) is 0. The van der Waals surface area contributed by atoms with Gasteiger partial charge in [-0.25, -0.2) is 0 Å². The zero-order valence-corrected chi connectivity index (χ0v) is 10.7. The Balaban J connectivity index is 1.94. The predicted molar refractivity (Wildman–Crippen MR) is 64.0 cm³/mol. The Kier molecular flexibility index (Phi) is 3.15. The van der Waals surface area contributed by atoms with E-state index >= 15 is 0 Å². The summed E-state index contributed by atoms with van der Waals surface area (Å²) >= 11 is 6.69. The van der Waals surface area contributed by atoms with Crippen molar-refractivity contribution >= 4 is 43.7 Å². The molecule has 2 aromatic heterocycles. The van der Waals surface area contributed by atoms with Crippen LogP contribution < -0.4 is 5.32 Å². The molecule has 0 radical (unpaired) electrons. The molecule has 0 saturated heterocycles. The number of nitrogens with zero attached hydrogens (tertiary/aromatic N) is 2. The van der Waals surface area contributed by atoms with Crippen LogP contribution in [0.1, 0.15) is 10.6 Å². The number of anilines is 1. The molecule has 3 nitrogen and oxygen atoms in total. The number of thiophene rings is 1. The molecule has 0 amide bonds. The molecule has 0 unspecified atom stereocenters. The average Bonchev–Trinajstić information content (AvgIpc) is 2.72. The third-order valence-corrected chi connectivity index (χ3v) is 3.94. The van der Waals surface area contributed by atoms with Gasteiger partial charge in [0, 0.05) is 6.54 Å². The Hall–Kier alpha value is -0.460. The maximum absolute atomic E-state index is 3.99. The van der Waals surface area contributed by atoms with E-state index in [1.54, 1.807) is 22.7 Å². The quantitative estimate of drug-likeness (QED) is 0.942. The van der Waals surface area contributed by atoms with Crippen molar-refractivity contribution in [3.63, 3.8) is 0 Å². The van der Waals surface area contributed by atoms with Crippen molar-refractivity contribution in [3.05, 3.63) is 25.8 Å². The fourth-order valence-electron chi connectivity index (χ4n) is 0.984. The normalized spacial score (nSPS) is 10.4. The third kappa shape index (κ3) is 2.52. The molecule has 0 atom stereocenters. The number of halogens is 1. The molecular weight excluding hydrogens is 282 g/mol. The number of aryl methyl sites for hydroxylation is 1. The second-order valence-electron chi connectivity index (χ2n) is 2.74. The lowest BCUT2D eigenvalue weighted by molar-refractivity contribution is 1.03. The second-order valence-corrected chi connectivity index (χ2v) is 6.21. The summed E-state index contributed by atoms with van der Waals surface area (Å²) in [6.07, 6.45) is 0. The first-order chi connectivity index (χ1) is 6.74. The molecule has 74 valence electrons. The van der Waals surface area contributed by atoms with Gasteiger partial charge in [-0.2, -0.15) is 0 Å². The number of aromatic nitrogens is 2. The van der Waals surface area contributed by atoms with Gasteiger partial charge >= 0.3 is 0 Å². The van der Waals surface area contributed by atoms with Crippen molar-refractivity contribution < 1.29 is 0 Å². The number of nitrogens with one attached hydrogen (secondary N) is 1. The Morgan fingerprint density at radius 1 is 1.50 bits per heavy atom. The van der Waals surface area contributed by atoms with Gasteiger partial charge in [-0.05, 0) is 39.9 Å². The highest BCUT2D eigenvalue weighted by molar-refractivity contribution is 9.11. The Labute approximate surface area is 98.3 Å². The average molecular weight is 290 g/mol. The topological polar surface area (TPSA) is 37.8 Å². The van der Waals surface area contributed by atoms with E-state index in [0.29, 0.717) is 0 Å². The van der Waals surface area contributed by atoms with Gasteiger partial charge in [0.25, 0.3) is 0 Å². The van der Waals surface area contributed by atoms with E-state index in [9.17, 15) is 0 Å². The smallest absolute Gasteiger partial charge is 0.205 e. The van der Waals surface area contributed by atoms with Crippen LogP contribution in [0.15, 0.2) is 15.2 Å². The van der Waals surface area contributed by atoms with Crippen molar-refractivity contribution in [1.82, 2.24) is 10.2 Å². The summed E-state index contributed by atoms with van der Waals surface area (Å²) in [7, 11) is 0. The molecule has 0 saturated carbocycles. The Morgan fingerprint density at radius 3 is 2.93 bits per heavy atom. The van der Waals surface area contributed by atoms with Crippen LogP contribution in [0.4, 0.5) is 5.13 Å². The minimum Gasteiger partial charge on any atom is -0.356 e. The number of hydrogen-bond donors (Lipinski definition) is 1. The molecule has 0 aromatic carbocycles. The highest BCUT2D eigenvalue weighted by atomic mass is 79.9. The maximum Gasteiger partial charge on any atom is 0.205 e. The largest absolute Gasteiger partial charge is 0.356 e. The molecule has 2 rings (SSSR count). The zero-order chi connectivity index (χ0) is 9.97. The molecule has 0 bridgehead atoms. The molecule has 2 aromatic rings. The molecular formula is C8H8BrN3S2. The van der Waals surface area contributed by atoms with E-state index in [1.807, 2.05) is 6.92 Å². The lowest BCUT2D eigenvalue weighted by Crippen LogP contribution is -1.97. The van der Waals surface area contributed by atoms with Crippen molar-refractivity contribution in [2.75, 3.05) is 5.32 Å². The summed E-state index contributed by atoms with van der Waals surface area (Å²) in [5.41, 5.74) is 1.26. The highest BCUT2D eigenvalue weighted by Gasteiger charge is 2.00. The fourth-order valence-corrected chi connectivity index (χ4v) is 2.78. The molecule has 0 aliphatic carbocycles. The number of rotatable bonds is 3. The van der Waals surface area contributed by atoms with Crippen LogP contribution in [0.3, 0.4) is 0 Å². The van der Waals surface area contributed by atoms with Gasteiger partial charge in [0.15, 0.2) is 0 Å². The third-order valence-electron chi connectivity index (χ3n) is 1.59. The van der Waals surface area contributed by atoms with E-state index in [0.717, 1.165) is 20.5 Å². The van der Waals surface area contributed by atoms with E-state index in [-0.39, 0.29) is 0 Å². The molecule has 0 spiro atoms. The van der Waals surface area contributed by atoms with Gasteiger partial charge in [0.05, 0.1) is 3.79 Å². The standard InChI is InChI=1S/C8H8BrN3S2/c1-5-11-12-8(14-5)10-3-6-2-7(9)13-4-6/h2,4H,3H2,1H3,(H,10,12). The molecule has 6 heteroatoms. The SMILES string of the molecule is Cc1nnc(NCc2csc(Br)c2)s1. The van der Waals surface area contributed by atoms with E-state index in [2.05, 4.69) is 42.9 Å². The summed E-state index contributed by atoms with van der Waals surface area (Å²) in [5.74, 6) is 0. The van der Waals surface area contributed by atoms with Gasteiger partial charge in [-0.15, -0.1) is 21.5 Å². The molecule has 0 aliphatic heterocycles. The van der Waals surface area contributed by atoms with Gasteiger partial charge in [-0.3, -0.25) is 0 Å². The highest BCUT2D eigenvalue weighted by Crippen LogP contribution is 2.22. The van der Waals surface area contributed by atoms with E-state index < -0.39 is 0 Å². The van der Waals surface area contributed by atoms with Crippen LogP contribution in [0.2, 0.25) is 0 Å². The first-order valence-corrected chi connectivity index (χ1v) is 6.50. The minimum absolute atomic E-state index is 0.802. The lowest BCUT2D eigenvalue weighted by Gasteiger charge is -1.97. The Morgan fingerprint density at radius 2 is 2.36 bits per heavy atom. The first-order valence-electron chi connectivity index (χ1n) is 4.01. The summed E-state index contributed by atoms with van der Waals surface area (Å²) in [6, 6.07) is 2.10. The second kappa shape index (κ2) is 4.37. The van der Waals surface area contributed by atoms with Gasteiger partial charge in [-0.1, -0.05) is 11.3 Å². The van der Waals surface area contributed by atoms with Crippen LogP contribution in [0.25, 0.3) is 0 Å². The maximum atomic E-state index is 3.99. The lowest BCUT2D eigenvalue weighted by atomic mass is 10.3. The zero-order valence-electron chi connectivity index (χ0n) is 7.45. The van der Waals surface area contributed by atoms with Crippen molar-refractivity contribution in [1.29, 1.82) is 0 Å². The van der Waals surface area contributed by atoms with Crippen molar-refractivity contribution in [2.45, 2.75) is 13.5 Å². The van der Waals surface area contributed by atoms with Crippen LogP contribution >= 0.6 is 38.6 Å². The molecule has 2 heterocycles. The van der Waals surface area contributed by atoms with Crippen LogP contribution in [0.5, 0.6) is 0 Å². The van der Waals surface area contributed by atoms with Crippen LogP contribution in [-0.2, 0) is 6.54 Å². The van der Waals surface area contributed by atoms with Gasteiger partial charge in [0.1, 0.15) is 5.01 Å². The predicted octanol–water partition coefficient (Wildman–Crippen LogP) is 3.28. The van der Waals surface area contributed by atoms with Crippen molar-refractivity contribution in [2.24, 2.45) is 0 Å². The molecule has 0 aliphatic rings. The van der Waals surface area contributed by atoms with Gasteiger partial charge in [0.2, 0.25) is 5.13 Å². The summed E-state index contributed by atoms with van der Waals surface area (Å²) in [6.45, 7) is 2.75. The number of hydrogen-bond acceptors (Lipinski definition) is 5. The molecule has 1 N–H and O–H groups in total. The Bertz CT molecular complexity index is 383. The monoisotopic (exact) mass is 289 g/mol. The molecule has 14 heavy (non-hydrogen) atoms. The first kappa shape index (κ1) is 10.1. The van der Waals surface area contributed by atoms with Crippen LogP contribution in [-0.4, -0.2) is 10.2 Å². The minimum atomic E-state index is 0.802. The van der Waals surface area contributed by atoms with E-state index in [1.165, 1.54) is 5.56 Å². The van der Waals surface area contributed by atoms with Gasteiger partial charge < -0.3 is 5.32 Å².